The normalized spacial score (nSPS) is 10.2. The van der Waals surface area contributed by atoms with E-state index in [9.17, 15) is 4.79 Å². The molecule has 1 heterocycles. The van der Waals surface area contributed by atoms with Gasteiger partial charge in [-0.2, -0.15) is 5.26 Å². The van der Waals surface area contributed by atoms with Crippen molar-refractivity contribution in [2.45, 2.75) is 19.4 Å². The fraction of sp³-hybridized carbons (Fsp3) is 0.182. The molecule has 3 rings (SSSR count). The lowest BCUT2D eigenvalue weighted by Crippen LogP contribution is -2.24. The lowest BCUT2D eigenvalue weighted by Gasteiger charge is -2.06. The van der Waals surface area contributed by atoms with Gasteiger partial charge in [-0.15, -0.1) is 0 Å². The van der Waals surface area contributed by atoms with Crippen LogP contribution < -0.4 is 10.1 Å². The zero-order valence-electron chi connectivity index (χ0n) is 14.9. The van der Waals surface area contributed by atoms with Gasteiger partial charge in [0.1, 0.15) is 24.2 Å². The number of furan rings is 1. The predicted octanol–water partition coefficient (Wildman–Crippen LogP) is 4.09. The maximum absolute atomic E-state index is 12.2. The van der Waals surface area contributed by atoms with E-state index < -0.39 is 0 Å². The summed E-state index contributed by atoms with van der Waals surface area (Å²) in [7, 11) is 0. The van der Waals surface area contributed by atoms with Crippen molar-refractivity contribution in [2.75, 3.05) is 6.54 Å². The first-order valence-corrected chi connectivity index (χ1v) is 8.79. The number of benzene rings is 2. The molecule has 27 heavy (non-hydrogen) atoms. The Bertz CT molecular complexity index is 926. The Morgan fingerprint density at radius 3 is 2.63 bits per heavy atom. The Labute approximate surface area is 158 Å². The summed E-state index contributed by atoms with van der Waals surface area (Å²) < 4.78 is 11.1. The van der Waals surface area contributed by atoms with Crippen LogP contribution in [0.15, 0.2) is 71.1 Å². The second-order valence-electron chi connectivity index (χ2n) is 6.01. The first-order chi connectivity index (χ1) is 13.3. The van der Waals surface area contributed by atoms with Gasteiger partial charge in [0, 0.05) is 6.54 Å². The molecule has 5 nitrogen and oxygen atoms in total. The molecule has 0 radical (unpaired) electrons. The third-order valence-electron chi connectivity index (χ3n) is 4.03. The van der Waals surface area contributed by atoms with Gasteiger partial charge >= 0.3 is 0 Å². The van der Waals surface area contributed by atoms with E-state index in [4.69, 9.17) is 14.4 Å². The molecule has 0 bridgehead atoms. The summed E-state index contributed by atoms with van der Waals surface area (Å²) >= 11 is 0. The van der Waals surface area contributed by atoms with E-state index in [1.807, 2.05) is 18.2 Å². The van der Waals surface area contributed by atoms with E-state index in [-0.39, 0.29) is 18.3 Å². The van der Waals surface area contributed by atoms with Crippen LogP contribution in [0.3, 0.4) is 0 Å². The van der Waals surface area contributed by atoms with Gasteiger partial charge in [0.25, 0.3) is 5.91 Å². The summed E-state index contributed by atoms with van der Waals surface area (Å²) in [5.74, 6) is 1.02. The Kier molecular flexibility index (Phi) is 6.26. The third-order valence-corrected chi connectivity index (χ3v) is 4.03. The Morgan fingerprint density at radius 2 is 1.81 bits per heavy atom. The number of ether oxygens (including phenoxy) is 1. The number of aryl methyl sites for hydroxylation is 1. The molecule has 5 heteroatoms. The van der Waals surface area contributed by atoms with Crippen LogP contribution in [0.25, 0.3) is 0 Å². The van der Waals surface area contributed by atoms with Crippen molar-refractivity contribution < 1.29 is 13.9 Å². The number of nitrogens with zero attached hydrogens (tertiary/aromatic N) is 1. The van der Waals surface area contributed by atoms with Crippen LogP contribution in [0, 0.1) is 11.3 Å². The Morgan fingerprint density at radius 1 is 1.04 bits per heavy atom. The van der Waals surface area contributed by atoms with Crippen LogP contribution >= 0.6 is 0 Å². The standard InChI is InChI=1S/C22H20N2O3/c23-15-18-10-4-5-11-20(18)26-16-19-12-13-21(27-19)22(25)24-14-6-9-17-7-2-1-3-8-17/h1-5,7-8,10-13H,6,9,14,16H2,(H,24,25). The molecular weight excluding hydrogens is 340 g/mol. The smallest absolute Gasteiger partial charge is 0.286 e. The van der Waals surface area contributed by atoms with Crippen molar-refractivity contribution in [1.82, 2.24) is 5.32 Å². The molecule has 0 unspecified atom stereocenters. The van der Waals surface area contributed by atoms with Gasteiger partial charge in [0.15, 0.2) is 5.76 Å². The van der Waals surface area contributed by atoms with E-state index in [0.717, 1.165) is 12.8 Å². The summed E-state index contributed by atoms with van der Waals surface area (Å²) in [5, 5.41) is 11.9. The third kappa shape index (κ3) is 5.23. The number of carbonyl (C=O) groups excluding carboxylic acids is 1. The van der Waals surface area contributed by atoms with E-state index >= 15 is 0 Å². The maximum atomic E-state index is 12.2. The fourth-order valence-corrected chi connectivity index (χ4v) is 2.64. The fourth-order valence-electron chi connectivity index (χ4n) is 2.64. The van der Waals surface area contributed by atoms with Gasteiger partial charge in [0.2, 0.25) is 0 Å². The summed E-state index contributed by atoms with van der Waals surface area (Å²) in [6.07, 6.45) is 1.77. The first kappa shape index (κ1) is 18.3. The van der Waals surface area contributed by atoms with Crippen LogP contribution in [0.4, 0.5) is 0 Å². The number of para-hydroxylation sites is 1. The molecular formula is C22H20N2O3. The van der Waals surface area contributed by atoms with E-state index in [1.54, 1.807) is 36.4 Å². The van der Waals surface area contributed by atoms with Gasteiger partial charge in [0.05, 0.1) is 5.56 Å². The molecule has 0 aliphatic heterocycles. The second kappa shape index (κ2) is 9.25. The average Bonchev–Trinajstić information content (AvgIpc) is 3.19. The van der Waals surface area contributed by atoms with Crippen LogP contribution in [-0.4, -0.2) is 12.5 Å². The molecule has 0 spiro atoms. The highest BCUT2D eigenvalue weighted by Crippen LogP contribution is 2.19. The average molecular weight is 360 g/mol. The minimum atomic E-state index is -0.244. The van der Waals surface area contributed by atoms with Crippen LogP contribution in [0.5, 0.6) is 5.75 Å². The first-order valence-electron chi connectivity index (χ1n) is 8.79. The van der Waals surface area contributed by atoms with Gasteiger partial charge < -0.3 is 14.5 Å². The zero-order valence-corrected chi connectivity index (χ0v) is 14.9. The molecule has 1 amide bonds. The van der Waals surface area contributed by atoms with E-state index in [0.29, 0.717) is 23.6 Å². The Hall–Kier alpha value is -3.52. The highest BCUT2D eigenvalue weighted by Gasteiger charge is 2.11. The van der Waals surface area contributed by atoms with Crippen molar-refractivity contribution >= 4 is 5.91 Å². The molecule has 0 fully saturated rings. The summed E-state index contributed by atoms with van der Waals surface area (Å²) in [6, 6.07) is 22.5. The van der Waals surface area contributed by atoms with Crippen LogP contribution in [0.2, 0.25) is 0 Å². The minimum Gasteiger partial charge on any atom is -0.484 e. The minimum absolute atomic E-state index is 0.153. The van der Waals surface area contributed by atoms with Gasteiger partial charge in [-0.05, 0) is 42.7 Å². The molecule has 2 aromatic carbocycles. The van der Waals surface area contributed by atoms with Gasteiger partial charge in [-0.3, -0.25) is 4.79 Å². The molecule has 0 saturated heterocycles. The quantitative estimate of drug-likeness (QED) is 0.614. The van der Waals surface area contributed by atoms with Gasteiger partial charge in [-0.1, -0.05) is 42.5 Å². The summed E-state index contributed by atoms with van der Waals surface area (Å²) in [5.41, 5.74) is 1.71. The zero-order chi connectivity index (χ0) is 18.9. The van der Waals surface area contributed by atoms with Crippen molar-refractivity contribution in [3.63, 3.8) is 0 Å². The maximum Gasteiger partial charge on any atom is 0.286 e. The highest BCUT2D eigenvalue weighted by molar-refractivity contribution is 5.91. The van der Waals surface area contributed by atoms with Crippen molar-refractivity contribution in [2.24, 2.45) is 0 Å². The Balaban J connectivity index is 1.45. The molecule has 0 aliphatic rings. The monoisotopic (exact) mass is 360 g/mol. The molecule has 0 saturated carbocycles. The van der Waals surface area contributed by atoms with Crippen molar-refractivity contribution in [3.8, 4) is 11.8 Å². The van der Waals surface area contributed by atoms with Crippen LogP contribution in [0.1, 0.15) is 33.9 Å². The number of nitrogens with one attached hydrogen (secondary N) is 1. The second-order valence-corrected chi connectivity index (χ2v) is 6.01. The molecule has 0 aliphatic carbocycles. The number of carbonyl (C=O) groups is 1. The molecule has 0 atom stereocenters. The van der Waals surface area contributed by atoms with E-state index in [1.165, 1.54) is 5.56 Å². The highest BCUT2D eigenvalue weighted by atomic mass is 16.5. The van der Waals surface area contributed by atoms with Crippen molar-refractivity contribution in [3.05, 3.63) is 89.4 Å². The van der Waals surface area contributed by atoms with Crippen LogP contribution in [-0.2, 0) is 13.0 Å². The number of hydrogen-bond donors (Lipinski definition) is 1. The number of rotatable bonds is 8. The molecule has 3 aromatic rings. The predicted molar refractivity (Wildman–Crippen MR) is 101 cm³/mol. The summed E-state index contributed by atoms with van der Waals surface area (Å²) in [4.78, 5) is 12.2. The lowest BCUT2D eigenvalue weighted by molar-refractivity contribution is 0.0921. The molecule has 1 N–H and O–H groups in total. The van der Waals surface area contributed by atoms with Crippen molar-refractivity contribution in [1.29, 1.82) is 5.26 Å². The molecule has 1 aromatic heterocycles. The molecule has 136 valence electrons. The lowest BCUT2D eigenvalue weighted by atomic mass is 10.1. The van der Waals surface area contributed by atoms with E-state index in [2.05, 4.69) is 23.5 Å². The largest absolute Gasteiger partial charge is 0.484 e. The SMILES string of the molecule is N#Cc1ccccc1OCc1ccc(C(=O)NCCCc2ccccc2)o1. The summed E-state index contributed by atoms with van der Waals surface area (Å²) in [6.45, 7) is 0.732. The number of hydrogen-bond acceptors (Lipinski definition) is 4. The number of nitriles is 1. The topological polar surface area (TPSA) is 75.3 Å². The number of amides is 1. The van der Waals surface area contributed by atoms with Gasteiger partial charge in [-0.25, -0.2) is 0 Å².